The summed E-state index contributed by atoms with van der Waals surface area (Å²) in [6.07, 6.45) is 0. The molecule has 150 valence electrons. The highest BCUT2D eigenvalue weighted by Gasteiger charge is 2.21. The van der Waals surface area contributed by atoms with Crippen molar-refractivity contribution in [1.29, 1.82) is 0 Å². The summed E-state index contributed by atoms with van der Waals surface area (Å²) < 4.78 is 1.21. The topological polar surface area (TPSA) is 84.2 Å². The third-order valence-corrected chi connectivity index (χ3v) is 4.87. The SMILES string of the molecule is CC(C)[C@@H](CO)NC(=O)c1cc(-c2ccc(Cl)cc2)nn(-c2ccccc2)c1=O. The lowest BCUT2D eigenvalue weighted by atomic mass is 10.0. The standard InChI is InChI=1S/C22H22ClN3O3/c1-14(2)20(13-27)24-21(28)18-12-19(15-8-10-16(23)11-9-15)25-26(22(18)29)17-6-4-3-5-7-17/h3-12,14,20,27H,13H2,1-2H3,(H,24,28)/t20-/m1/s1. The quantitative estimate of drug-likeness (QED) is 0.651. The summed E-state index contributed by atoms with van der Waals surface area (Å²) in [6.45, 7) is 3.55. The van der Waals surface area contributed by atoms with Gasteiger partial charge < -0.3 is 10.4 Å². The summed E-state index contributed by atoms with van der Waals surface area (Å²) in [5.74, 6) is -0.539. The molecule has 3 aromatic rings. The molecule has 0 radical (unpaired) electrons. The number of carbonyl (C=O) groups is 1. The van der Waals surface area contributed by atoms with Crippen LogP contribution in [0.3, 0.4) is 0 Å². The fourth-order valence-corrected chi connectivity index (χ4v) is 2.96. The van der Waals surface area contributed by atoms with Crippen LogP contribution in [0.15, 0.2) is 65.5 Å². The van der Waals surface area contributed by atoms with E-state index < -0.39 is 17.5 Å². The third kappa shape index (κ3) is 4.72. The number of amides is 1. The van der Waals surface area contributed by atoms with Gasteiger partial charge in [0.2, 0.25) is 0 Å². The zero-order chi connectivity index (χ0) is 21.0. The van der Waals surface area contributed by atoms with Crippen molar-refractivity contribution in [1.82, 2.24) is 15.1 Å². The number of carbonyl (C=O) groups excluding carboxylic acids is 1. The van der Waals surface area contributed by atoms with E-state index in [1.807, 2.05) is 19.9 Å². The van der Waals surface area contributed by atoms with E-state index >= 15 is 0 Å². The average molecular weight is 412 g/mol. The van der Waals surface area contributed by atoms with Crippen molar-refractivity contribution in [2.24, 2.45) is 5.92 Å². The van der Waals surface area contributed by atoms with E-state index in [9.17, 15) is 14.7 Å². The van der Waals surface area contributed by atoms with Crippen molar-refractivity contribution in [3.05, 3.63) is 81.6 Å². The molecule has 29 heavy (non-hydrogen) atoms. The van der Waals surface area contributed by atoms with E-state index in [0.29, 0.717) is 16.4 Å². The Morgan fingerprint density at radius 2 is 1.79 bits per heavy atom. The maximum Gasteiger partial charge on any atom is 0.284 e. The molecule has 0 aliphatic heterocycles. The van der Waals surface area contributed by atoms with Gasteiger partial charge in [-0.15, -0.1) is 0 Å². The van der Waals surface area contributed by atoms with E-state index in [0.717, 1.165) is 5.56 Å². The normalized spacial score (nSPS) is 12.0. The van der Waals surface area contributed by atoms with Gasteiger partial charge in [0.1, 0.15) is 5.56 Å². The van der Waals surface area contributed by atoms with E-state index in [1.165, 1.54) is 10.7 Å². The Bertz CT molecular complexity index is 1050. The largest absolute Gasteiger partial charge is 0.394 e. The number of hydrogen-bond acceptors (Lipinski definition) is 4. The first-order valence-corrected chi connectivity index (χ1v) is 9.66. The number of benzene rings is 2. The number of aliphatic hydroxyl groups is 1. The van der Waals surface area contributed by atoms with Crippen LogP contribution in [0.25, 0.3) is 16.9 Å². The van der Waals surface area contributed by atoms with E-state index in [1.54, 1.807) is 48.5 Å². The first kappa shape index (κ1) is 20.8. The second-order valence-corrected chi connectivity index (χ2v) is 7.45. The summed E-state index contributed by atoms with van der Waals surface area (Å²) in [6, 6.07) is 16.9. The van der Waals surface area contributed by atoms with Gasteiger partial charge in [0.25, 0.3) is 11.5 Å². The number of para-hydroxylation sites is 1. The Kier molecular flexibility index (Phi) is 6.46. The van der Waals surface area contributed by atoms with Crippen molar-refractivity contribution in [2.75, 3.05) is 6.61 Å². The molecule has 6 nitrogen and oxygen atoms in total. The molecule has 2 N–H and O–H groups in total. The molecule has 7 heteroatoms. The molecule has 1 heterocycles. The van der Waals surface area contributed by atoms with E-state index in [2.05, 4.69) is 10.4 Å². The number of aliphatic hydroxyl groups excluding tert-OH is 1. The van der Waals surface area contributed by atoms with Crippen LogP contribution < -0.4 is 10.9 Å². The van der Waals surface area contributed by atoms with Gasteiger partial charge in [-0.05, 0) is 36.2 Å². The van der Waals surface area contributed by atoms with E-state index in [4.69, 9.17) is 11.6 Å². The minimum atomic E-state index is -0.551. The van der Waals surface area contributed by atoms with Gasteiger partial charge in [-0.3, -0.25) is 9.59 Å². The lowest BCUT2D eigenvalue weighted by molar-refractivity contribution is 0.0894. The van der Waals surface area contributed by atoms with Crippen LogP contribution in [-0.4, -0.2) is 33.4 Å². The Morgan fingerprint density at radius 1 is 1.14 bits per heavy atom. The van der Waals surface area contributed by atoms with Crippen molar-refractivity contribution in [3.63, 3.8) is 0 Å². The Labute approximate surface area is 173 Å². The summed E-state index contributed by atoms with van der Waals surface area (Å²) in [5.41, 5.74) is 1.14. The summed E-state index contributed by atoms with van der Waals surface area (Å²) >= 11 is 5.97. The molecule has 1 atom stereocenters. The molecule has 0 bridgehead atoms. The molecule has 0 unspecified atom stereocenters. The molecular weight excluding hydrogens is 390 g/mol. The van der Waals surface area contributed by atoms with Crippen LogP contribution in [0, 0.1) is 5.92 Å². The van der Waals surface area contributed by atoms with Gasteiger partial charge in [0, 0.05) is 10.6 Å². The lowest BCUT2D eigenvalue weighted by Gasteiger charge is -2.20. The molecular formula is C22H22ClN3O3. The fraction of sp³-hybridized carbons (Fsp3) is 0.227. The highest BCUT2D eigenvalue weighted by atomic mass is 35.5. The molecule has 0 saturated carbocycles. The van der Waals surface area contributed by atoms with Gasteiger partial charge in [-0.25, -0.2) is 0 Å². The zero-order valence-corrected chi connectivity index (χ0v) is 16.9. The minimum Gasteiger partial charge on any atom is -0.394 e. The number of aromatic nitrogens is 2. The smallest absolute Gasteiger partial charge is 0.284 e. The van der Waals surface area contributed by atoms with Gasteiger partial charge in [-0.1, -0.05) is 55.8 Å². The molecule has 0 fully saturated rings. The average Bonchev–Trinajstić information content (AvgIpc) is 2.73. The number of nitrogens with one attached hydrogen (secondary N) is 1. The molecule has 0 aliphatic rings. The van der Waals surface area contributed by atoms with Crippen LogP contribution in [-0.2, 0) is 0 Å². The second kappa shape index (κ2) is 9.03. The molecule has 2 aromatic carbocycles. The number of halogens is 1. The van der Waals surface area contributed by atoms with Crippen molar-refractivity contribution >= 4 is 17.5 Å². The maximum atomic E-state index is 13.0. The summed E-state index contributed by atoms with van der Waals surface area (Å²) in [5, 5.41) is 17.3. The lowest BCUT2D eigenvalue weighted by Crippen LogP contribution is -2.43. The molecule has 3 rings (SSSR count). The first-order valence-electron chi connectivity index (χ1n) is 9.28. The Morgan fingerprint density at radius 3 is 2.38 bits per heavy atom. The highest BCUT2D eigenvalue weighted by molar-refractivity contribution is 6.30. The number of rotatable bonds is 6. The summed E-state index contributed by atoms with van der Waals surface area (Å²) in [4.78, 5) is 25.9. The monoisotopic (exact) mass is 411 g/mol. The zero-order valence-electron chi connectivity index (χ0n) is 16.2. The van der Waals surface area contributed by atoms with Gasteiger partial charge >= 0.3 is 0 Å². The minimum absolute atomic E-state index is 0.0119. The predicted molar refractivity (Wildman–Crippen MR) is 113 cm³/mol. The number of nitrogens with zero attached hydrogens (tertiary/aromatic N) is 2. The predicted octanol–water partition coefficient (Wildman–Crippen LogP) is 3.30. The van der Waals surface area contributed by atoms with Crippen LogP contribution in [0.2, 0.25) is 5.02 Å². The second-order valence-electron chi connectivity index (χ2n) is 7.01. The fourth-order valence-electron chi connectivity index (χ4n) is 2.83. The maximum absolute atomic E-state index is 13.0. The van der Waals surface area contributed by atoms with Crippen molar-refractivity contribution in [3.8, 4) is 16.9 Å². The number of hydrogen-bond donors (Lipinski definition) is 2. The van der Waals surface area contributed by atoms with E-state index in [-0.39, 0.29) is 18.1 Å². The van der Waals surface area contributed by atoms with Crippen LogP contribution in [0.1, 0.15) is 24.2 Å². The summed E-state index contributed by atoms with van der Waals surface area (Å²) in [7, 11) is 0. The van der Waals surface area contributed by atoms with Crippen molar-refractivity contribution < 1.29 is 9.90 Å². The van der Waals surface area contributed by atoms with Gasteiger partial charge in [-0.2, -0.15) is 9.78 Å². The van der Waals surface area contributed by atoms with Gasteiger partial charge in [0.05, 0.1) is 24.0 Å². The Hall–Kier alpha value is -2.96. The third-order valence-electron chi connectivity index (χ3n) is 4.61. The highest BCUT2D eigenvalue weighted by Crippen LogP contribution is 2.20. The molecule has 0 spiro atoms. The van der Waals surface area contributed by atoms with Crippen LogP contribution in [0.5, 0.6) is 0 Å². The molecule has 0 aliphatic carbocycles. The van der Waals surface area contributed by atoms with Gasteiger partial charge in [0.15, 0.2) is 0 Å². The molecule has 1 aromatic heterocycles. The van der Waals surface area contributed by atoms with Crippen LogP contribution in [0.4, 0.5) is 0 Å². The van der Waals surface area contributed by atoms with Crippen LogP contribution >= 0.6 is 11.6 Å². The first-order chi connectivity index (χ1) is 13.9. The molecule has 0 saturated heterocycles. The molecule has 1 amide bonds. The Balaban J connectivity index is 2.14. The van der Waals surface area contributed by atoms with Crippen molar-refractivity contribution in [2.45, 2.75) is 19.9 Å².